The first-order chi connectivity index (χ1) is 8.13. The van der Waals surface area contributed by atoms with Crippen molar-refractivity contribution in [3.05, 3.63) is 17.5 Å². The van der Waals surface area contributed by atoms with Gasteiger partial charge in [-0.05, 0) is 32.5 Å². The number of carbonyl (C=O) groups excluding carboxylic acids is 1. The van der Waals surface area contributed by atoms with Crippen molar-refractivity contribution in [3.63, 3.8) is 0 Å². The molecule has 96 valence electrons. The van der Waals surface area contributed by atoms with Crippen LogP contribution in [-0.4, -0.2) is 35.5 Å². The minimum Gasteiger partial charge on any atom is -0.348 e. The number of anilines is 1. The van der Waals surface area contributed by atoms with Crippen molar-refractivity contribution in [2.24, 2.45) is 0 Å². The third-order valence-electron chi connectivity index (χ3n) is 3.29. The molecular weight excluding hydrogens is 214 g/mol. The summed E-state index contributed by atoms with van der Waals surface area (Å²) < 4.78 is 2.21. The zero-order chi connectivity index (χ0) is 12.8. The Bertz CT molecular complexity index is 367. The lowest BCUT2D eigenvalue weighted by Gasteiger charge is -2.18. The molecular formula is C13H23N3O. The zero-order valence-electron chi connectivity index (χ0n) is 11.3. The molecule has 1 rings (SSSR count). The van der Waals surface area contributed by atoms with E-state index in [1.807, 2.05) is 13.8 Å². The minimum absolute atomic E-state index is 0.740. The van der Waals surface area contributed by atoms with Crippen LogP contribution in [-0.2, 0) is 11.3 Å². The molecule has 1 aromatic rings. The van der Waals surface area contributed by atoms with Gasteiger partial charge in [0.15, 0.2) is 0 Å². The van der Waals surface area contributed by atoms with Gasteiger partial charge in [0, 0.05) is 25.0 Å². The molecule has 17 heavy (non-hydrogen) atoms. The summed E-state index contributed by atoms with van der Waals surface area (Å²) in [7, 11) is 0. The Morgan fingerprint density at radius 3 is 2.53 bits per heavy atom. The van der Waals surface area contributed by atoms with Gasteiger partial charge in [0.1, 0.15) is 0 Å². The van der Waals surface area contributed by atoms with Crippen molar-refractivity contribution in [1.82, 2.24) is 9.47 Å². The van der Waals surface area contributed by atoms with Gasteiger partial charge in [-0.3, -0.25) is 4.79 Å². The monoisotopic (exact) mass is 237 g/mol. The topological polar surface area (TPSA) is 37.3 Å². The van der Waals surface area contributed by atoms with E-state index in [9.17, 15) is 4.79 Å². The summed E-state index contributed by atoms with van der Waals surface area (Å²) in [6, 6.07) is 0. The maximum Gasteiger partial charge on any atom is 0.211 e. The fraction of sp³-hybridized carbons (Fsp3) is 0.615. The van der Waals surface area contributed by atoms with Crippen molar-refractivity contribution in [3.8, 4) is 0 Å². The smallest absolute Gasteiger partial charge is 0.211 e. The Hall–Kier alpha value is -1.29. The summed E-state index contributed by atoms with van der Waals surface area (Å²) in [5.41, 5.74) is 3.19. The highest BCUT2D eigenvalue weighted by atomic mass is 16.1. The Morgan fingerprint density at radius 2 is 2.00 bits per heavy atom. The van der Waals surface area contributed by atoms with Crippen LogP contribution < -0.4 is 5.32 Å². The van der Waals surface area contributed by atoms with Gasteiger partial charge in [0.05, 0.1) is 5.69 Å². The van der Waals surface area contributed by atoms with E-state index in [0.29, 0.717) is 0 Å². The van der Waals surface area contributed by atoms with E-state index in [1.165, 1.54) is 0 Å². The molecule has 0 aliphatic carbocycles. The van der Waals surface area contributed by atoms with Gasteiger partial charge >= 0.3 is 0 Å². The Kier molecular flexibility index (Phi) is 5.22. The summed E-state index contributed by atoms with van der Waals surface area (Å²) in [5, 5.41) is 2.77. The highest BCUT2D eigenvalue weighted by molar-refractivity contribution is 5.75. The molecule has 0 radical (unpaired) electrons. The molecule has 1 amide bonds. The Labute approximate surface area is 104 Å². The van der Waals surface area contributed by atoms with Gasteiger partial charge in [0.2, 0.25) is 6.41 Å². The van der Waals surface area contributed by atoms with Gasteiger partial charge in [0.25, 0.3) is 0 Å². The van der Waals surface area contributed by atoms with E-state index in [-0.39, 0.29) is 0 Å². The standard InChI is InChI=1S/C13H23N3O/c1-5-15(6-2)7-8-16-9-11(3)13(12(16)4)14-10-17/h9-10H,5-8H2,1-4H3,(H,14,17). The molecule has 1 heterocycles. The number of carbonyl (C=O) groups is 1. The molecule has 0 aromatic carbocycles. The van der Waals surface area contributed by atoms with E-state index < -0.39 is 0 Å². The molecule has 4 heteroatoms. The SMILES string of the molecule is CCN(CC)CCn1cc(C)c(NC=O)c1C. The number of hydrogen-bond acceptors (Lipinski definition) is 2. The number of hydrogen-bond donors (Lipinski definition) is 1. The highest BCUT2D eigenvalue weighted by Gasteiger charge is 2.09. The van der Waals surface area contributed by atoms with Gasteiger partial charge in [-0.25, -0.2) is 0 Å². The fourth-order valence-corrected chi connectivity index (χ4v) is 2.12. The number of aryl methyl sites for hydroxylation is 1. The van der Waals surface area contributed by atoms with Crippen molar-refractivity contribution in [2.45, 2.75) is 34.2 Å². The molecule has 0 unspecified atom stereocenters. The predicted molar refractivity (Wildman–Crippen MR) is 71.4 cm³/mol. The Balaban J connectivity index is 2.71. The van der Waals surface area contributed by atoms with Crippen molar-refractivity contribution < 1.29 is 4.79 Å². The van der Waals surface area contributed by atoms with Crippen LogP contribution in [0.5, 0.6) is 0 Å². The number of nitrogens with zero attached hydrogens (tertiary/aromatic N) is 2. The van der Waals surface area contributed by atoms with Crippen LogP contribution in [0.15, 0.2) is 6.20 Å². The number of amides is 1. The van der Waals surface area contributed by atoms with Gasteiger partial charge in [-0.15, -0.1) is 0 Å². The minimum atomic E-state index is 0.740. The van der Waals surface area contributed by atoms with Crippen molar-refractivity contribution in [1.29, 1.82) is 0 Å². The van der Waals surface area contributed by atoms with Crippen LogP contribution in [0.2, 0.25) is 0 Å². The van der Waals surface area contributed by atoms with E-state index in [1.54, 1.807) is 0 Å². The van der Waals surface area contributed by atoms with E-state index in [2.05, 4.69) is 34.8 Å². The molecule has 0 spiro atoms. The van der Waals surface area contributed by atoms with E-state index in [0.717, 1.165) is 49.5 Å². The number of nitrogens with one attached hydrogen (secondary N) is 1. The van der Waals surface area contributed by atoms with E-state index in [4.69, 9.17) is 0 Å². The lowest BCUT2D eigenvalue weighted by Crippen LogP contribution is -2.27. The summed E-state index contributed by atoms with van der Waals surface area (Å²) >= 11 is 0. The van der Waals surface area contributed by atoms with Crippen molar-refractivity contribution in [2.75, 3.05) is 25.0 Å². The number of rotatable bonds is 7. The van der Waals surface area contributed by atoms with Gasteiger partial charge in [-0.2, -0.15) is 0 Å². The zero-order valence-corrected chi connectivity index (χ0v) is 11.3. The molecule has 0 aliphatic rings. The first-order valence-corrected chi connectivity index (χ1v) is 6.22. The second kappa shape index (κ2) is 6.45. The maximum absolute atomic E-state index is 10.5. The molecule has 1 N–H and O–H groups in total. The van der Waals surface area contributed by atoms with Crippen LogP contribution in [0.4, 0.5) is 5.69 Å². The summed E-state index contributed by atoms with van der Waals surface area (Å²) in [5.74, 6) is 0. The predicted octanol–water partition coefficient (Wildman–Crippen LogP) is 2.02. The summed E-state index contributed by atoms with van der Waals surface area (Å²) in [6.45, 7) is 12.6. The second-order valence-electron chi connectivity index (χ2n) is 4.25. The lowest BCUT2D eigenvalue weighted by molar-refractivity contribution is -0.105. The highest BCUT2D eigenvalue weighted by Crippen LogP contribution is 2.21. The molecule has 0 bridgehead atoms. The largest absolute Gasteiger partial charge is 0.348 e. The molecule has 0 saturated carbocycles. The lowest BCUT2D eigenvalue weighted by atomic mass is 10.3. The molecule has 0 saturated heterocycles. The number of likely N-dealkylation sites (N-methyl/N-ethyl adjacent to an activating group) is 1. The third-order valence-corrected chi connectivity index (χ3v) is 3.29. The average molecular weight is 237 g/mol. The van der Waals surface area contributed by atoms with Crippen LogP contribution in [0.1, 0.15) is 25.1 Å². The first kappa shape index (κ1) is 13.8. The van der Waals surface area contributed by atoms with Gasteiger partial charge in [-0.1, -0.05) is 13.8 Å². The molecule has 1 aromatic heterocycles. The first-order valence-electron chi connectivity index (χ1n) is 6.22. The van der Waals surface area contributed by atoms with Crippen LogP contribution >= 0.6 is 0 Å². The second-order valence-corrected chi connectivity index (χ2v) is 4.25. The van der Waals surface area contributed by atoms with Crippen LogP contribution in [0, 0.1) is 13.8 Å². The van der Waals surface area contributed by atoms with E-state index >= 15 is 0 Å². The van der Waals surface area contributed by atoms with Gasteiger partial charge < -0.3 is 14.8 Å². The molecule has 0 aliphatic heterocycles. The Morgan fingerprint density at radius 1 is 1.35 bits per heavy atom. The normalized spacial score (nSPS) is 10.9. The molecule has 4 nitrogen and oxygen atoms in total. The summed E-state index contributed by atoms with van der Waals surface area (Å²) in [6.07, 6.45) is 2.84. The maximum atomic E-state index is 10.5. The van der Waals surface area contributed by atoms with Crippen LogP contribution in [0.25, 0.3) is 0 Å². The van der Waals surface area contributed by atoms with Crippen LogP contribution in [0.3, 0.4) is 0 Å². The van der Waals surface area contributed by atoms with Crippen molar-refractivity contribution >= 4 is 12.1 Å². The quantitative estimate of drug-likeness (QED) is 0.737. The third kappa shape index (κ3) is 3.33. The molecule has 0 atom stereocenters. The summed E-state index contributed by atoms with van der Waals surface area (Å²) in [4.78, 5) is 12.9. The average Bonchev–Trinajstić information content (AvgIpc) is 2.59. The molecule has 0 fully saturated rings. The fourth-order valence-electron chi connectivity index (χ4n) is 2.12. The number of aromatic nitrogens is 1.